The second-order valence-corrected chi connectivity index (χ2v) is 10.4. The van der Waals surface area contributed by atoms with E-state index in [1.165, 1.54) is 0 Å². The third-order valence-electron chi connectivity index (χ3n) is 7.19. The molecule has 2 aliphatic rings. The Morgan fingerprint density at radius 3 is 2.34 bits per heavy atom. The van der Waals surface area contributed by atoms with Crippen LogP contribution in [-0.4, -0.2) is 78.9 Å². The molecule has 8 nitrogen and oxygen atoms in total. The molecule has 1 aliphatic carbocycles. The monoisotopic (exact) mass is 501 g/mol. The second-order valence-electron chi connectivity index (χ2n) is 10.4. The van der Waals surface area contributed by atoms with Crippen LogP contribution in [0.1, 0.15) is 73.1 Å². The lowest BCUT2D eigenvalue weighted by atomic mass is 9.82. The smallest absolute Gasteiger partial charge is 0.243 e. The van der Waals surface area contributed by atoms with Crippen LogP contribution < -0.4 is 21.3 Å². The zero-order valence-corrected chi connectivity index (χ0v) is 21.9. The summed E-state index contributed by atoms with van der Waals surface area (Å²) >= 11 is 0. The van der Waals surface area contributed by atoms with E-state index in [-0.39, 0.29) is 55.2 Å². The maximum Gasteiger partial charge on any atom is 0.243 e. The van der Waals surface area contributed by atoms with Crippen molar-refractivity contribution in [1.29, 1.82) is 0 Å². The first-order chi connectivity index (χ1) is 16.5. The summed E-state index contributed by atoms with van der Waals surface area (Å²) in [6.07, 6.45) is -0.875. The summed E-state index contributed by atoms with van der Waals surface area (Å²) in [5.41, 5.74) is 0. The lowest BCUT2D eigenvalue weighted by Crippen LogP contribution is -2.57. The van der Waals surface area contributed by atoms with Crippen molar-refractivity contribution in [3.63, 3.8) is 0 Å². The largest absolute Gasteiger partial charge is 0.349 e. The zero-order valence-electron chi connectivity index (χ0n) is 21.9. The van der Waals surface area contributed by atoms with Crippen molar-refractivity contribution in [1.82, 2.24) is 26.2 Å². The molecule has 4 N–H and O–H groups in total. The van der Waals surface area contributed by atoms with Crippen LogP contribution in [0.2, 0.25) is 0 Å². The van der Waals surface area contributed by atoms with Gasteiger partial charge in [-0.15, -0.1) is 0 Å². The van der Waals surface area contributed by atoms with Crippen LogP contribution in [0.4, 0.5) is 8.78 Å². The lowest BCUT2D eigenvalue weighted by Gasteiger charge is -2.33. The number of halogens is 2. The quantitative estimate of drug-likeness (QED) is 0.328. The number of carbonyl (C=O) groups excluding carboxylic acids is 3. The van der Waals surface area contributed by atoms with Crippen LogP contribution in [0.15, 0.2) is 0 Å². The SMILES string of the molecule is CCN(CC)C(=O)C[C@H](NC(=O)CCC(C)C)C(=O)N[C@@H](C)C1NCC(C2CCC(F)CC2F)N1. The van der Waals surface area contributed by atoms with Gasteiger partial charge in [0.2, 0.25) is 17.7 Å². The molecule has 1 aliphatic heterocycles. The average Bonchev–Trinajstić information content (AvgIpc) is 3.28. The molecule has 10 heteroatoms. The number of nitrogens with one attached hydrogen (secondary N) is 4. The summed E-state index contributed by atoms with van der Waals surface area (Å²) in [7, 11) is 0. The van der Waals surface area contributed by atoms with Crippen LogP contribution in [0.5, 0.6) is 0 Å². The fourth-order valence-electron chi connectivity index (χ4n) is 4.93. The first-order valence-electron chi connectivity index (χ1n) is 13.2. The van der Waals surface area contributed by atoms with Gasteiger partial charge in [-0.05, 0) is 46.0 Å². The third-order valence-corrected chi connectivity index (χ3v) is 7.19. The molecule has 2 rings (SSSR count). The Balaban J connectivity index is 1.97. The predicted octanol–water partition coefficient (Wildman–Crippen LogP) is 2.03. The zero-order chi connectivity index (χ0) is 26.1. The Labute approximate surface area is 208 Å². The normalized spacial score (nSPS) is 28.4. The summed E-state index contributed by atoms with van der Waals surface area (Å²) in [5, 5.41) is 12.3. The molecule has 1 saturated heterocycles. The highest BCUT2D eigenvalue weighted by Gasteiger charge is 2.40. The van der Waals surface area contributed by atoms with E-state index in [1.807, 2.05) is 34.6 Å². The van der Waals surface area contributed by atoms with Gasteiger partial charge in [0.1, 0.15) is 18.4 Å². The maximum absolute atomic E-state index is 14.4. The van der Waals surface area contributed by atoms with Gasteiger partial charge in [-0.2, -0.15) is 0 Å². The standard InChI is InChI=1S/C25H45F2N5O3/c1-6-32(7-2)23(34)13-20(30-22(33)11-8-15(3)4)25(35)29-16(5)24-28-14-21(31-24)18-10-9-17(26)12-19(18)27/h15-21,24,28,31H,6-14H2,1-5H3,(H,29,35)(H,30,33)/t16-,17?,18?,19?,20-,21?,24?/m0/s1. The Bertz CT molecular complexity index is 707. The van der Waals surface area contributed by atoms with Gasteiger partial charge in [0.05, 0.1) is 18.6 Å². The number of carbonyl (C=O) groups is 3. The Hall–Kier alpha value is -1.81. The first-order valence-corrected chi connectivity index (χ1v) is 13.2. The van der Waals surface area contributed by atoms with Gasteiger partial charge in [0.25, 0.3) is 0 Å². The molecule has 0 bridgehead atoms. The number of hydrogen-bond acceptors (Lipinski definition) is 5. The molecule has 5 unspecified atom stereocenters. The van der Waals surface area contributed by atoms with E-state index >= 15 is 0 Å². The van der Waals surface area contributed by atoms with Crippen molar-refractivity contribution in [2.45, 2.75) is 110 Å². The predicted molar refractivity (Wildman–Crippen MR) is 132 cm³/mol. The number of amides is 3. The van der Waals surface area contributed by atoms with Gasteiger partial charge in [0.15, 0.2) is 0 Å². The third kappa shape index (κ3) is 8.97. The second kappa shape index (κ2) is 14.1. The van der Waals surface area contributed by atoms with Gasteiger partial charge in [-0.3, -0.25) is 25.0 Å². The summed E-state index contributed by atoms with van der Waals surface area (Å²) in [5.74, 6) is -0.789. The molecular weight excluding hydrogens is 456 g/mol. The van der Waals surface area contributed by atoms with E-state index in [0.29, 0.717) is 44.8 Å². The van der Waals surface area contributed by atoms with Gasteiger partial charge in [-0.1, -0.05) is 13.8 Å². The van der Waals surface area contributed by atoms with Crippen molar-refractivity contribution in [3.8, 4) is 0 Å². The molecule has 3 amide bonds. The summed E-state index contributed by atoms with van der Waals surface area (Å²) < 4.78 is 27.9. The summed E-state index contributed by atoms with van der Waals surface area (Å²) in [4.78, 5) is 39.9. The van der Waals surface area contributed by atoms with E-state index in [9.17, 15) is 23.2 Å². The highest BCUT2D eigenvalue weighted by atomic mass is 19.1. The van der Waals surface area contributed by atoms with Crippen LogP contribution in [0, 0.1) is 11.8 Å². The van der Waals surface area contributed by atoms with E-state index in [2.05, 4.69) is 21.3 Å². The lowest BCUT2D eigenvalue weighted by molar-refractivity contribution is -0.136. The Kier molecular flexibility index (Phi) is 11.8. The summed E-state index contributed by atoms with van der Waals surface area (Å²) in [6, 6.07) is -1.49. The summed E-state index contributed by atoms with van der Waals surface area (Å²) in [6.45, 7) is 11.2. The molecule has 202 valence electrons. The van der Waals surface area contributed by atoms with Crippen molar-refractivity contribution in [2.24, 2.45) is 11.8 Å². The fraction of sp³-hybridized carbons (Fsp3) is 0.880. The van der Waals surface area contributed by atoms with Crippen LogP contribution in [0.25, 0.3) is 0 Å². The van der Waals surface area contributed by atoms with E-state index in [0.717, 1.165) is 0 Å². The minimum absolute atomic E-state index is 0.0570. The van der Waals surface area contributed by atoms with Crippen molar-refractivity contribution < 1.29 is 23.2 Å². The van der Waals surface area contributed by atoms with Crippen LogP contribution in [0.3, 0.4) is 0 Å². The number of rotatable bonds is 12. The molecule has 0 aromatic carbocycles. The molecule has 1 heterocycles. The number of hydrogen-bond donors (Lipinski definition) is 4. The van der Waals surface area contributed by atoms with Gasteiger partial charge >= 0.3 is 0 Å². The Morgan fingerprint density at radius 1 is 1.06 bits per heavy atom. The minimum Gasteiger partial charge on any atom is -0.349 e. The molecule has 0 spiro atoms. The molecule has 2 fully saturated rings. The van der Waals surface area contributed by atoms with Gasteiger partial charge < -0.3 is 15.5 Å². The number of nitrogens with zero attached hydrogens (tertiary/aromatic N) is 1. The molecule has 35 heavy (non-hydrogen) atoms. The van der Waals surface area contributed by atoms with Crippen molar-refractivity contribution >= 4 is 17.7 Å². The van der Waals surface area contributed by atoms with Crippen molar-refractivity contribution in [3.05, 3.63) is 0 Å². The maximum atomic E-state index is 14.4. The van der Waals surface area contributed by atoms with Crippen LogP contribution in [-0.2, 0) is 14.4 Å². The highest BCUT2D eigenvalue weighted by molar-refractivity contribution is 5.92. The molecule has 0 radical (unpaired) electrons. The van der Waals surface area contributed by atoms with Gasteiger partial charge in [0, 0.05) is 44.4 Å². The molecule has 7 atom stereocenters. The van der Waals surface area contributed by atoms with E-state index in [4.69, 9.17) is 0 Å². The van der Waals surface area contributed by atoms with Crippen molar-refractivity contribution in [2.75, 3.05) is 19.6 Å². The van der Waals surface area contributed by atoms with E-state index < -0.39 is 24.3 Å². The van der Waals surface area contributed by atoms with E-state index in [1.54, 1.807) is 4.90 Å². The number of alkyl halides is 2. The highest BCUT2D eigenvalue weighted by Crippen LogP contribution is 2.32. The molecular formula is C25H45F2N5O3. The minimum atomic E-state index is -1.18. The first kappa shape index (κ1) is 29.4. The molecule has 0 aromatic rings. The average molecular weight is 502 g/mol. The van der Waals surface area contributed by atoms with Gasteiger partial charge in [-0.25, -0.2) is 8.78 Å². The topological polar surface area (TPSA) is 103 Å². The Morgan fingerprint density at radius 2 is 1.74 bits per heavy atom. The molecule has 0 aromatic heterocycles. The molecule has 1 saturated carbocycles. The fourth-order valence-corrected chi connectivity index (χ4v) is 4.93. The van der Waals surface area contributed by atoms with Crippen LogP contribution >= 0.6 is 0 Å².